The van der Waals surface area contributed by atoms with Gasteiger partial charge in [0.1, 0.15) is 5.82 Å². The molecule has 0 aromatic heterocycles. The number of anilines is 1. The molecule has 2 aromatic carbocycles. The number of nitrogen functional groups attached to an aromatic ring is 1. The molecule has 18 heavy (non-hydrogen) atoms. The van der Waals surface area contributed by atoms with Gasteiger partial charge in [-0.05, 0) is 35.4 Å². The van der Waals surface area contributed by atoms with Crippen molar-refractivity contribution in [2.24, 2.45) is 0 Å². The molecule has 0 atom stereocenters. The van der Waals surface area contributed by atoms with Crippen LogP contribution in [-0.2, 0) is 0 Å². The van der Waals surface area contributed by atoms with Gasteiger partial charge in [0.15, 0.2) is 11.5 Å². The van der Waals surface area contributed by atoms with Gasteiger partial charge in [-0.25, -0.2) is 4.39 Å². The first-order valence-electron chi connectivity index (χ1n) is 5.29. The molecule has 0 fully saturated rings. The Bertz CT molecular complexity index is 607. The van der Waals surface area contributed by atoms with Gasteiger partial charge in [0.05, 0.1) is 10.7 Å². The summed E-state index contributed by atoms with van der Waals surface area (Å²) in [6.07, 6.45) is 0. The highest BCUT2D eigenvalue weighted by atomic mass is 35.5. The minimum atomic E-state index is -0.532. The number of nitrogens with two attached hydrogens (primary N) is 1. The van der Waals surface area contributed by atoms with Gasteiger partial charge in [-0.2, -0.15) is 0 Å². The van der Waals surface area contributed by atoms with Crippen LogP contribution in [-0.4, -0.2) is 6.79 Å². The van der Waals surface area contributed by atoms with Crippen molar-refractivity contribution < 1.29 is 13.9 Å². The number of hydrogen-bond donors (Lipinski definition) is 1. The zero-order valence-electron chi connectivity index (χ0n) is 9.24. The van der Waals surface area contributed by atoms with E-state index < -0.39 is 5.82 Å². The molecule has 1 aliphatic rings. The van der Waals surface area contributed by atoms with Crippen molar-refractivity contribution in [1.29, 1.82) is 0 Å². The molecule has 5 heteroatoms. The van der Waals surface area contributed by atoms with Crippen LogP contribution in [0, 0.1) is 5.82 Å². The monoisotopic (exact) mass is 265 g/mol. The van der Waals surface area contributed by atoms with Crippen LogP contribution in [0.25, 0.3) is 11.1 Å². The Hall–Kier alpha value is -1.94. The van der Waals surface area contributed by atoms with E-state index >= 15 is 0 Å². The predicted molar refractivity (Wildman–Crippen MR) is 67.4 cm³/mol. The van der Waals surface area contributed by atoms with Crippen LogP contribution < -0.4 is 15.2 Å². The van der Waals surface area contributed by atoms with Crippen LogP contribution in [0.3, 0.4) is 0 Å². The fourth-order valence-electron chi connectivity index (χ4n) is 1.83. The van der Waals surface area contributed by atoms with E-state index in [1.807, 2.05) is 6.07 Å². The van der Waals surface area contributed by atoms with Crippen molar-refractivity contribution >= 4 is 17.3 Å². The van der Waals surface area contributed by atoms with Crippen LogP contribution in [0.1, 0.15) is 0 Å². The molecular weight excluding hydrogens is 257 g/mol. The number of rotatable bonds is 1. The highest BCUT2D eigenvalue weighted by Crippen LogP contribution is 2.37. The minimum Gasteiger partial charge on any atom is -0.454 e. The Morgan fingerprint density at radius 1 is 1.06 bits per heavy atom. The van der Waals surface area contributed by atoms with Crippen LogP contribution in [0.4, 0.5) is 10.1 Å². The van der Waals surface area contributed by atoms with E-state index in [4.69, 9.17) is 26.8 Å². The second kappa shape index (κ2) is 4.07. The predicted octanol–water partition coefficient (Wildman–Crippen LogP) is 3.46. The first-order valence-corrected chi connectivity index (χ1v) is 5.67. The standard InChI is InChI=1S/C13H9ClFNO2/c14-9-3-8(4-10(15)13(9)16)7-1-2-11-12(5-7)18-6-17-11/h1-5H,6,16H2. The number of hydrogen-bond acceptors (Lipinski definition) is 3. The highest BCUT2D eigenvalue weighted by molar-refractivity contribution is 6.33. The Kier molecular flexibility index (Phi) is 2.52. The lowest BCUT2D eigenvalue weighted by atomic mass is 10.0. The molecule has 3 rings (SSSR count). The molecule has 1 heterocycles. The zero-order chi connectivity index (χ0) is 12.7. The zero-order valence-corrected chi connectivity index (χ0v) is 10.00. The third-order valence-corrected chi connectivity index (χ3v) is 3.10. The average Bonchev–Trinajstić information content (AvgIpc) is 2.82. The molecule has 0 radical (unpaired) electrons. The van der Waals surface area contributed by atoms with Crippen LogP contribution in [0.15, 0.2) is 30.3 Å². The molecule has 0 bridgehead atoms. The summed E-state index contributed by atoms with van der Waals surface area (Å²) in [5.41, 5.74) is 6.86. The quantitative estimate of drug-likeness (QED) is 0.803. The molecule has 0 spiro atoms. The Morgan fingerprint density at radius 2 is 1.83 bits per heavy atom. The number of benzene rings is 2. The fraction of sp³-hybridized carbons (Fsp3) is 0.0769. The molecular formula is C13H9ClFNO2. The van der Waals surface area contributed by atoms with Gasteiger partial charge in [0.2, 0.25) is 6.79 Å². The van der Waals surface area contributed by atoms with Gasteiger partial charge in [-0.1, -0.05) is 17.7 Å². The molecule has 92 valence electrons. The van der Waals surface area contributed by atoms with E-state index in [-0.39, 0.29) is 17.5 Å². The van der Waals surface area contributed by atoms with Crippen molar-refractivity contribution in [3.8, 4) is 22.6 Å². The normalized spacial score (nSPS) is 12.8. The largest absolute Gasteiger partial charge is 0.454 e. The van der Waals surface area contributed by atoms with Crippen LogP contribution in [0.5, 0.6) is 11.5 Å². The van der Waals surface area contributed by atoms with E-state index in [0.29, 0.717) is 17.1 Å². The molecule has 2 N–H and O–H groups in total. The van der Waals surface area contributed by atoms with E-state index in [2.05, 4.69) is 0 Å². The van der Waals surface area contributed by atoms with Crippen molar-refractivity contribution in [1.82, 2.24) is 0 Å². The summed E-state index contributed by atoms with van der Waals surface area (Å²) >= 11 is 5.87. The molecule has 3 nitrogen and oxygen atoms in total. The molecule has 0 unspecified atom stereocenters. The lowest BCUT2D eigenvalue weighted by Gasteiger charge is -2.06. The Labute approximate surface area is 108 Å². The van der Waals surface area contributed by atoms with Gasteiger partial charge < -0.3 is 15.2 Å². The first kappa shape index (κ1) is 11.2. The van der Waals surface area contributed by atoms with Crippen molar-refractivity contribution in [3.05, 3.63) is 41.2 Å². The van der Waals surface area contributed by atoms with E-state index in [9.17, 15) is 4.39 Å². The summed E-state index contributed by atoms with van der Waals surface area (Å²) in [6, 6.07) is 8.34. The highest BCUT2D eigenvalue weighted by Gasteiger charge is 2.15. The van der Waals surface area contributed by atoms with Gasteiger partial charge >= 0.3 is 0 Å². The van der Waals surface area contributed by atoms with Crippen molar-refractivity contribution in [2.75, 3.05) is 12.5 Å². The Balaban J connectivity index is 2.10. The molecule has 0 saturated heterocycles. The molecule has 0 aliphatic carbocycles. The second-order valence-corrected chi connectivity index (χ2v) is 4.33. The maximum absolute atomic E-state index is 13.5. The third kappa shape index (κ3) is 1.75. The van der Waals surface area contributed by atoms with E-state index in [1.165, 1.54) is 6.07 Å². The maximum Gasteiger partial charge on any atom is 0.231 e. The first-order chi connectivity index (χ1) is 8.65. The SMILES string of the molecule is Nc1c(F)cc(-c2ccc3c(c2)OCO3)cc1Cl. The smallest absolute Gasteiger partial charge is 0.231 e. The third-order valence-electron chi connectivity index (χ3n) is 2.78. The van der Waals surface area contributed by atoms with Gasteiger partial charge in [-0.3, -0.25) is 0 Å². The lowest BCUT2D eigenvalue weighted by Crippen LogP contribution is -1.93. The number of fused-ring (bicyclic) bond motifs is 1. The van der Waals surface area contributed by atoms with Crippen LogP contribution in [0.2, 0.25) is 5.02 Å². The Morgan fingerprint density at radius 3 is 2.61 bits per heavy atom. The summed E-state index contributed by atoms with van der Waals surface area (Å²) in [7, 11) is 0. The molecule has 2 aromatic rings. The van der Waals surface area contributed by atoms with Crippen molar-refractivity contribution in [2.45, 2.75) is 0 Å². The topological polar surface area (TPSA) is 44.5 Å². The summed E-state index contributed by atoms with van der Waals surface area (Å²) in [5.74, 6) is 0.789. The van der Waals surface area contributed by atoms with E-state index in [0.717, 1.165) is 5.56 Å². The van der Waals surface area contributed by atoms with Crippen molar-refractivity contribution in [3.63, 3.8) is 0 Å². The lowest BCUT2D eigenvalue weighted by molar-refractivity contribution is 0.174. The van der Waals surface area contributed by atoms with Crippen LogP contribution >= 0.6 is 11.6 Å². The molecule has 1 aliphatic heterocycles. The minimum absolute atomic E-state index is 0.0406. The fourth-order valence-corrected chi connectivity index (χ4v) is 2.03. The number of halogens is 2. The van der Waals surface area contributed by atoms with Gasteiger partial charge in [-0.15, -0.1) is 0 Å². The summed E-state index contributed by atoms with van der Waals surface area (Å²) < 4.78 is 24.0. The molecule has 0 saturated carbocycles. The summed E-state index contributed by atoms with van der Waals surface area (Å²) in [6.45, 7) is 0.204. The maximum atomic E-state index is 13.5. The van der Waals surface area contributed by atoms with Gasteiger partial charge in [0, 0.05) is 0 Å². The number of ether oxygens (including phenoxy) is 2. The summed E-state index contributed by atoms with van der Waals surface area (Å²) in [5, 5.41) is 0.197. The average molecular weight is 266 g/mol. The van der Waals surface area contributed by atoms with Gasteiger partial charge in [0.25, 0.3) is 0 Å². The second-order valence-electron chi connectivity index (χ2n) is 3.92. The molecule has 0 amide bonds. The summed E-state index contributed by atoms with van der Waals surface area (Å²) in [4.78, 5) is 0. The van der Waals surface area contributed by atoms with E-state index in [1.54, 1.807) is 18.2 Å².